The Kier molecular flexibility index (Phi) is 6.81. The molecule has 4 aromatic rings. The number of ether oxygens (including phenoxy) is 1. The first kappa shape index (κ1) is 24.7. The van der Waals surface area contributed by atoms with Crippen molar-refractivity contribution in [3.05, 3.63) is 125 Å². The minimum Gasteiger partial charge on any atom is -1.00 e. The van der Waals surface area contributed by atoms with E-state index >= 15 is 0 Å². The van der Waals surface area contributed by atoms with Crippen LogP contribution in [0.1, 0.15) is 51.3 Å². The summed E-state index contributed by atoms with van der Waals surface area (Å²) in [6, 6.07) is 30.8. The Morgan fingerprint density at radius 1 is 0.657 bits per heavy atom. The Morgan fingerprint density at radius 3 is 1.97 bits per heavy atom. The average molecular weight is 574 g/mol. The van der Waals surface area contributed by atoms with Gasteiger partial charge in [0, 0.05) is 5.41 Å². The Morgan fingerprint density at radius 2 is 1.29 bits per heavy atom. The highest BCUT2D eigenvalue weighted by molar-refractivity contribution is 6.34. The first-order chi connectivity index (χ1) is 16.3. The van der Waals surface area contributed by atoms with Crippen molar-refractivity contribution < 1.29 is 38.3 Å². The van der Waals surface area contributed by atoms with Crippen LogP contribution < -0.4 is 33.6 Å². The van der Waals surface area contributed by atoms with Crippen LogP contribution in [0.2, 0.25) is 0 Å². The topological polar surface area (TPSA) is 46.6 Å². The molecule has 0 saturated carbocycles. The molecule has 35 heavy (non-hydrogen) atoms. The first-order valence-corrected chi connectivity index (χ1v) is 11.3. The van der Waals surface area contributed by atoms with Gasteiger partial charge in [0.15, 0.2) is 0 Å². The van der Waals surface area contributed by atoms with Crippen LogP contribution in [0.25, 0.3) is 0 Å². The van der Waals surface area contributed by atoms with Gasteiger partial charge in [-0.25, -0.2) is 4.90 Å². The first-order valence-electron chi connectivity index (χ1n) is 11.3. The normalized spacial score (nSPS) is 12.8. The second-order valence-corrected chi connectivity index (χ2v) is 9.11. The fourth-order valence-corrected chi connectivity index (χ4v) is 4.38. The van der Waals surface area contributed by atoms with Crippen molar-refractivity contribution >= 4 is 17.5 Å². The molecule has 0 aromatic heterocycles. The monoisotopic (exact) mass is 574 g/mol. The number of hydrogen-bond acceptors (Lipinski definition) is 3. The maximum atomic E-state index is 13.1. The Hall–Kier alpha value is -3.45. The number of carbonyl (C=O) groups excluding carboxylic acids is 2. The number of fused-ring (bicyclic) bond motifs is 1. The lowest BCUT2D eigenvalue weighted by Crippen LogP contribution is -3.00. The van der Waals surface area contributed by atoms with E-state index in [4.69, 9.17) is 4.74 Å². The van der Waals surface area contributed by atoms with Crippen LogP contribution in [0, 0.1) is 6.92 Å². The number of aryl methyl sites for hydroxylation is 1. The molecule has 2 amide bonds. The lowest BCUT2D eigenvalue weighted by atomic mass is 9.78. The molecule has 0 spiro atoms. The maximum Gasteiger partial charge on any atom is 0.266 e. The van der Waals surface area contributed by atoms with Crippen molar-refractivity contribution in [1.82, 2.24) is 0 Å². The van der Waals surface area contributed by atoms with Crippen molar-refractivity contribution in [2.24, 2.45) is 0 Å². The van der Waals surface area contributed by atoms with Gasteiger partial charge in [-0.3, -0.25) is 9.59 Å². The van der Waals surface area contributed by atoms with E-state index in [1.807, 2.05) is 43.3 Å². The van der Waals surface area contributed by atoms with Gasteiger partial charge in [0.05, 0.1) is 16.8 Å². The molecule has 1 aliphatic heterocycles. The zero-order valence-electron chi connectivity index (χ0n) is 19.8. The van der Waals surface area contributed by atoms with Gasteiger partial charge in [0.25, 0.3) is 11.8 Å². The smallest absolute Gasteiger partial charge is 0.266 e. The number of amides is 2. The molecule has 0 aliphatic carbocycles. The molecule has 0 N–H and O–H groups in total. The van der Waals surface area contributed by atoms with Crippen molar-refractivity contribution in [3.8, 4) is 11.5 Å². The second-order valence-electron chi connectivity index (χ2n) is 9.11. The third kappa shape index (κ3) is 4.60. The zero-order chi connectivity index (χ0) is 23.9. The van der Waals surface area contributed by atoms with E-state index in [0.717, 1.165) is 5.56 Å². The summed E-state index contributed by atoms with van der Waals surface area (Å²) in [5.74, 6) is 0.529. The van der Waals surface area contributed by atoms with Crippen molar-refractivity contribution in [2.75, 3.05) is 4.90 Å². The van der Waals surface area contributed by atoms with E-state index in [1.165, 1.54) is 16.0 Å². The fourth-order valence-electron chi connectivity index (χ4n) is 4.38. The average Bonchev–Trinajstić information content (AvgIpc) is 3.09. The van der Waals surface area contributed by atoms with Crippen LogP contribution in [0.15, 0.2) is 97.1 Å². The third-order valence-corrected chi connectivity index (χ3v) is 6.43. The number of nitrogens with zero attached hydrogens (tertiary/aromatic N) is 1. The summed E-state index contributed by atoms with van der Waals surface area (Å²) < 4.78 is 6.04. The van der Waals surface area contributed by atoms with E-state index < -0.39 is 0 Å². The van der Waals surface area contributed by atoms with Crippen molar-refractivity contribution in [3.63, 3.8) is 0 Å². The van der Waals surface area contributed by atoms with Gasteiger partial charge in [-0.15, -0.1) is 0 Å². The van der Waals surface area contributed by atoms with E-state index in [-0.39, 0.29) is 41.2 Å². The van der Waals surface area contributed by atoms with Crippen LogP contribution >= 0.6 is 0 Å². The molecule has 0 atom stereocenters. The summed E-state index contributed by atoms with van der Waals surface area (Å²) in [4.78, 5) is 27.2. The molecule has 1 aliphatic rings. The van der Waals surface area contributed by atoms with Gasteiger partial charge >= 0.3 is 0 Å². The molecule has 0 unspecified atom stereocenters. The van der Waals surface area contributed by atoms with E-state index in [9.17, 15) is 9.59 Å². The zero-order valence-corrected chi connectivity index (χ0v) is 21.9. The van der Waals surface area contributed by atoms with Crippen LogP contribution in [-0.4, -0.2) is 11.8 Å². The molecule has 5 rings (SSSR count). The van der Waals surface area contributed by atoms with Crippen molar-refractivity contribution in [2.45, 2.75) is 26.2 Å². The molecular weight excluding hydrogens is 549 g/mol. The Balaban J connectivity index is 0.00000289. The van der Waals surface area contributed by atoms with Crippen LogP contribution in [-0.2, 0) is 5.41 Å². The predicted octanol–water partition coefficient (Wildman–Crippen LogP) is 3.92. The highest BCUT2D eigenvalue weighted by Gasteiger charge is 2.37. The molecule has 1 heterocycles. The summed E-state index contributed by atoms with van der Waals surface area (Å²) in [5, 5.41) is 0. The molecule has 4 aromatic carbocycles. The quantitative estimate of drug-likeness (QED) is 0.268. The molecule has 4 nitrogen and oxygen atoms in total. The van der Waals surface area contributed by atoms with Gasteiger partial charge in [-0.2, -0.15) is 0 Å². The summed E-state index contributed by atoms with van der Waals surface area (Å²) in [6.45, 7) is 6.32. The predicted molar refractivity (Wildman–Crippen MR) is 134 cm³/mol. The Labute approximate surface area is 222 Å². The summed E-state index contributed by atoms with van der Waals surface area (Å²) in [7, 11) is 0. The van der Waals surface area contributed by atoms with Gasteiger partial charge in [-0.1, -0.05) is 68.4 Å². The number of anilines is 1. The molecule has 0 radical (unpaired) electrons. The van der Waals surface area contributed by atoms with Crippen LogP contribution in [0.5, 0.6) is 11.5 Å². The molecule has 0 bridgehead atoms. The number of rotatable bonds is 5. The molecule has 5 heteroatoms. The number of benzene rings is 4. The molecule has 0 saturated heterocycles. The van der Waals surface area contributed by atoms with Gasteiger partial charge in [0.2, 0.25) is 0 Å². The minimum absolute atomic E-state index is 0. The minimum atomic E-state index is -0.337. The summed E-state index contributed by atoms with van der Waals surface area (Å²) in [6.07, 6.45) is 0. The van der Waals surface area contributed by atoms with E-state index in [1.54, 1.807) is 24.3 Å². The third-order valence-electron chi connectivity index (χ3n) is 6.43. The fraction of sp³-hybridized carbons (Fsp3) is 0.133. The van der Waals surface area contributed by atoms with Crippen molar-refractivity contribution in [1.29, 1.82) is 0 Å². The summed E-state index contributed by atoms with van der Waals surface area (Å²) >= 11 is 0. The SMILES string of the molecule is Cc1cccc(N2C(=O)c3ccc(Oc4ccc(C(C)(C)c5ccccc5)cc4)cc3C2=O)c1.[I-]. The highest BCUT2D eigenvalue weighted by atomic mass is 127. The molecule has 0 fully saturated rings. The van der Waals surface area contributed by atoms with Gasteiger partial charge < -0.3 is 28.7 Å². The van der Waals surface area contributed by atoms with E-state index in [2.05, 4.69) is 50.2 Å². The number of imide groups is 1. The highest BCUT2D eigenvalue weighted by Crippen LogP contribution is 2.35. The van der Waals surface area contributed by atoms with Crippen LogP contribution in [0.3, 0.4) is 0 Å². The summed E-state index contributed by atoms with van der Waals surface area (Å²) in [5.41, 5.74) is 4.57. The molecular formula is C30H25INO3-. The Bertz CT molecular complexity index is 1400. The maximum absolute atomic E-state index is 13.1. The lowest BCUT2D eigenvalue weighted by Gasteiger charge is -2.26. The largest absolute Gasteiger partial charge is 1.00 e. The number of hydrogen-bond donors (Lipinski definition) is 0. The number of carbonyl (C=O) groups is 2. The standard InChI is InChI=1S/C30H25NO3.HI/c1-20-8-7-11-23(18-20)31-28(32)26-17-16-25(19-27(26)29(31)33)34-24-14-12-22(13-15-24)30(2,3)21-9-5-4-6-10-21;/h4-19H,1-3H3;1H/p-1. The van der Waals surface area contributed by atoms with Crippen LogP contribution in [0.4, 0.5) is 5.69 Å². The number of halogens is 1. The second kappa shape index (κ2) is 9.66. The van der Waals surface area contributed by atoms with Gasteiger partial charge in [0.1, 0.15) is 11.5 Å². The lowest BCUT2D eigenvalue weighted by molar-refractivity contribution is -0.0000240. The van der Waals surface area contributed by atoms with Gasteiger partial charge in [-0.05, 0) is 66.1 Å². The molecule has 176 valence electrons. The van der Waals surface area contributed by atoms with E-state index in [0.29, 0.717) is 28.3 Å².